The maximum atomic E-state index is 11.2. The van der Waals surface area contributed by atoms with Crippen LogP contribution in [0.4, 0.5) is 0 Å². The molecular weight excluding hydrogens is 312 g/mol. The molecule has 0 saturated carbocycles. The normalized spacial score (nSPS) is 13.7. The molecular formula is C22H40O3. The maximum absolute atomic E-state index is 11.2. The quantitative estimate of drug-likeness (QED) is 0.260. The van der Waals surface area contributed by atoms with Crippen LogP contribution in [0.2, 0.25) is 0 Å². The van der Waals surface area contributed by atoms with Crippen molar-refractivity contribution < 1.29 is 14.3 Å². The summed E-state index contributed by atoms with van der Waals surface area (Å²) in [6, 6.07) is 0. The topological polar surface area (TPSA) is 43.4 Å². The third-order valence-corrected chi connectivity index (χ3v) is 5.36. The highest BCUT2D eigenvalue weighted by molar-refractivity contribution is 5.69. The summed E-state index contributed by atoms with van der Waals surface area (Å²) in [6.45, 7) is 22.7. The Kier molecular flexibility index (Phi) is 13.3. The van der Waals surface area contributed by atoms with Crippen LogP contribution in [-0.2, 0) is 14.3 Å². The van der Waals surface area contributed by atoms with Gasteiger partial charge in [0, 0.05) is 12.8 Å². The lowest BCUT2D eigenvalue weighted by molar-refractivity contribution is -0.143. The van der Waals surface area contributed by atoms with Crippen LogP contribution in [-0.4, -0.2) is 18.9 Å². The van der Waals surface area contributed by atoms with Gasteiger partial charge in [-0.2, -0.15) is 0 Å². The maximum Gasteiger partial charge on any atom is 0.305 e. The molecule has 0 spiro atoms. The van der Waals surface area contributed by atoms with E-state index in [4.69, 9.17) is 4.74 Å². The number of allylic oxidation sites excluding steroid dienone is 2. The fraction of sp³-hybridized carbons (Fsp3) is 0.727. The van der Waals surface area contributed by atoms with Gasteiger partial charge >= 0.3 is 5.97 Å². The fourth-order valence-electron chi connectivity index (χ4n) is 2.18. The highest BCUT2D eigenvalue weighted by Crippen LogP contribution is 2.32. The summed E-state index contributed by atoms with van der Waals surface area (Å²) in [7, 11) is 0. The van der Waals surface area contributed by atoms with Crippen LogP contribution in [0.1, 0.15) is 74.1 Å². The molecule has 0 N–H and O–H groups in total. The first-order chi connectivity index (χ1) is 11.5. The fourth-order valence-corrected chi connectivity index (χ4v) is 2.18. The molecule has 0 aliphatic heterocycles. The van der Waals surface area contributed by atoms with Crippen molar-refractivity contribution in [3.8, 4) is 0 Å². The Balaban J connectivity index is 0. The molecule has 2 atom stereocenters. The zero-order valence-corrected chi connectivity index (χ0v) is 17.6. The summed E-state index contributed by atoms with van der Waals surface area (Å²) < 4.78 is 4.89. The standard InChI is InChI=1S/C12H22O2.C10H18O/c1-6-10(3)12(4,5)9-8-11(13)14-7-2;1-5-9(2)10(3,4)7-6-8-11/h6,10H,1,7-9H2,2-5H3;5,8-9H,1,6-7H2,2-4H3. The summed E-state index contributed by atoms with van der Waals surface area (Å²) in [5.74, 6) is 0.788. The molecule has 0 saturated heterocycles. The molecule has 3 heteroatoms. The van der Waals surface area contributed by atoms with Gasteiger partial charge in [0.15, 0.2) is 0 Å². The number of carbonyl (C=O) groups excluding carboxylic acids is 2. The Labute approximate surface area is 155 Å². The Bertz CT molecular complexity index is 407. The highest BCUT2D eigenvalue weighted by Gasteiger charge is 2.24. The van der Waals surface area contributed by atoms with Gasteiger partial charge < -0.3 is 9.53 Å². The van der Waals surface area contributed by atoms with Gasteiger partial charge in [0.25, 0.3) is 0 Å². The second-order valence-electron chi connectivity index (χ2n) is 8.04. The van der Waals surface area contributed by atoms with Crippen molar-refractivity contribution >= 4 is 12.3 Å². The first-order valence-electron chi connectivity index (χ1n) is 9.32. The molecule has 146 valence electrons. The van der Waals surface area contributed by atoms with Crippen LogP contribution >= 0.6 is 0 Å². The summed E-state index contributed by atoms with van der Waals surface area (Å²) in [4.78, 5) is 21.3. The molecule has 0 rings (SSSR count). The van der Waals surface area contributed by atoms with E-state index < -0.39 is 0 Å². The lowest BCUT2D eigenvalue weighted by Crippen LogP contribution is -2.21. The molecule has 0 bridgehead atoms. The van der Waals surface area contributed by atoms with Crippen molar-refractivity contribution in [1.82, 2.24) is 0 Å². The third kappa shape index (κ3) is 11.7. The van der Waals surface area contributed by atoms with Crippen molar-refractivity contribution in [2.24, 2.45) is 22.7 Å². The van der Waals surface area contributed by atoms with E-state index in [1.165, 1.54) is 0 Å². The molecule has 0 heterocycles. The van der Waals surface area contributed by atoms with E-state index in [1.54, 1.807) is 0 Å². The molecule has 0 amide bonds. The molecule has 0 aliphatic rings. The predicted molar refractivity (Wildman–Crippen MR) is 107 cm³/mol. The van der Waals surface area contributed by atoms with Gasteiger partial charge in [0.1, 0.15) is 6.29 Å². The number of hydrogen-bond donors (Lipinski definition) is 0. The van der Waals surface area contributed by atoms with E-state index in [2.05, 4.69) is 54.7 Å². The predicted octanol–water partition coefficient (Wildman–Crippen LogP) is 5.99. The molecule has 0 aromatic rings. The minimum Gasteiger partial charge on any atom is -0.466 e. The summed E-state index contributed by atoms with van der Waals surface area (Å²) in [5, 5.41) is 0. The van der Waals surface area contributed by atoms with Gasteiger partial charge in [0.2, 0.25) is 0 Å². The van der Waals surface area contributed by atoms with Crippen LogP contribution < -0.4 is 0 Å². The van der Waals surface area contributed by atoms with Crippen LogP contribution in [0.15, 0.2) is 25.3 Å². The van der Waals surface area contributed by atoms with Gasteiger partial charge in [-0.05, 0) is 42.4 Å². The average molecular weight is 353 g/mol. The number of carbonyl (C=O) groups is 2. The van der Waals surface area contributed by atoms with Crippen molar-refractivity contribution in [1.29, 1.82) is 0 Å². The van der Waals surface area contributed by atoms with Crippen molar-refractivity contribution in [3.05, 3.63) is 25.3 Å². The monoisotopic (exact) mass is 352 g/mol. The number of hydrogen-bond acceptors (Lipinski definition) is 3. The van der Waals surface area contributed by atoms with Crippen molar-refractivity contribution in [2.75, 3.05) is 6.61 Å². The van der Waals surface area contributed by atoms with Gasteiger partial charge in [0.05, 0.1) is 6.61 Å². The Hall–Kier alpha value is -1.38. The van der Waals surface area contributed by atoms with Gasteiger partial charge in [-0.3, -0.25) is 4.79 Å². The molecule has 0 aromatic heterocycles. The second kappa shape index (κ2) is 12.9. The number of esters is 1. The lowest BCUT2D eigenvalue weighted by atomic mass is 9.76. The zero-order chi connectivity index (χ0) is 20.1. The van der Waals surface area contributed by atoms with E-state index >= 15 is 0 Å². The zero-order valence-electron chi connectivity index (χ0n) is 17.6. The van der Waals surface area contributed by atoms with Gasteiger partial charge in [-0.15, -0.1) is 13.2 Å². The van der Waals surface area contributed by atoms with Crippen molar-refractivity contribution in [2.45, 2.75) is 74.1 Å². The Morgan fingerprint density at radius 3 is 1.80 bits per heavy atom. The second-order valence-corrected chi connectivity index (χ2v) is 8.04. The first-order valence-corrected chi connectivity index (χ1v) is 9.32. The van der Waals surface area contributed by atoms with E-state index in [9.17, 15) is 9.59 Å². The Morgan fingerprint density at radius 1 is 1.00 bits per heavy atom. The van der Waals surface area contributed by atoms with Crippen LogP contribution in [0.25, 0.3) is 0 Å². The van der Waals surface area contributed by atoms with E-state index in [1.807, 2.05) is 19.1 Å². The van der Waals surface area contributed by atoms with E-state index in [0.717, 1.165) is 19.1 Å². The van der Waals surface area contributed by atoms with Crippen LogP contribution in [0, 0.1) is 22.7 Å². The van der Waals surface area contributed by atoms with Crippen LogP contribution in [0.5, 0.6) is 0 Å². The molecule has 0 aliphatic carbocycles. The first kappa shape index (κ1) is 25.9. The number of aldehydes is 1. The summed E-state index contributed by atoms with van der Waals surface area (Å²) >= 11 is 0. The number of ether oxygens (including phenoxy) is 1. The largest absolute Gasteiger partial charge is 0.466 e. The van der Waals surface area contributed by atoms with Gasteiger partial charge in [-0.25, -0.2) is 0 Å². The molecule has 3 nitrogen and oxygen atoms in total. The van der Waals surface area contributed by atoms with Gasteiger partial charge in [-0.1, -0.05) is 53.7 Å². The van der Waals surface area contributed by atoms with E-state index in [0.29, 0.717) is 31.3 Å². The molecule has 0 fully saturated rings. The SMILES string of the molecule is C=CC(C)C(C)(C)CCC(=O)OCC.C=CC(C)C(C)(C)CCC=O. The van der Waals surface area contributed by atoms with Crippen molar-refractivity contribution in [3.63, 3.8) is 0 Å². The van der Waals surface area contributed by atoms with E-state index in [-0.39, 0.29) is 16.8 Å². The summed E-state index contributed by atoms with van der Waals surface area (Å²) in [6.07, 6.45) is 7.82. The molecule has 0 aromatic carbocycles. The smallest absolute Gasteiger partial charge is 0.305 e. The molecule has 2 unspecified atom stereocenters. The molecule has 0 radical (unpaired) electrons. The summed E-state index contributed by atoms with van der Waals surface area (Å²) in [5.41, 5.74) is 0.331. The lowest BCUT2D eigenvalue weighted by Gasteiger charge is -2.29. The highest BCUT2D eigenvalue weighted by atomic mass is 16.5. The molecule has 25 heavy (non-hydrogen) atoms. The minimum atomic E-state index is -0.100. The Morgan fingerprint density at radius 2 is 1.44 bits per heavy atom. The average Bonchev–Trinajstić information content (AvgIpc) is 2.57. The minimum absolute atomic E-state index is 0.100. The van der Waals surface area contributed by atoms with Crippen LogP contribution in [0.3, 0.4) is 0 Å². The number of rotatable bonds is 11. The third-order valence-electron chi connectivity index (χ3n) is 5.36.